The molecule has 8 heteroatoms. The van der Waals surface area contributed by atoms with Crippen LogP contribution in [0.15, 0.2) is 0 Å². The third-order valence-corrected chi connectivity index (χ3v) is 8.11. The van der Waals surface area contributed by atoms with Crippen LogP contribution in [0.4, 0.5) is 0 Å². The molecule has 2 fully saturated rings. The number of halogens is 2. The van der Waals surface area contributed by atoms with Gasteiger partial charge in [-0.3, -0.25) is 9.59 Å². The third kappa shape index (κ3) is 13.0. The van der Waals surface area contributed by atoms with E-state index in [4.69, 9.17) is 0 Å². The molecule has 202 valence electrons. The van der Waals surface area contributed by atoms with E-state index < -0.39 is 0 Å². The van der Waals surface area contributed by atoms with E-state index in [2.05, 4.69) is 14.1 Å². The van der Waals surface area contributed by atoms with Crippen LogP contribution in [-0.2, 0) is 9.59 Å². The van der Waals surface area contributed by atoms with Crippen LogP contribution in [0.2, 0.25) is 0 Å². The molecule has 0 N–H and O–H groups in total. The maximum atomic E-state index is 12.5. The highest BCUT2D eigenvalue weighted by Gasteiger charge is 2.27. The first kappa shape index (κ1) is 34.3. The molecule has 0 spiro atoms. The summed E-state index contributed by atoms with van der Waals surface area (Å²) in [6.07, 6.45) is 13.7. The minimum Gasteiger partial charge on any atom is -1.00 e. The van der Waals surface area contributed by atoms with Crippen molar-refractivity contribution < 1.29 is 66.5 Å². The van der Waals surface area contributed by atoms with Gasteiger partial charge in [0.2, 0.25) is 11.8 Å². The summed E-state index contributed by atoms with van der Waals surface area (Å²) in [6, 6.07) is 0. The SMILES string of the molecule is CN(CCCCCCN(C)C(=O)CC[N+]1(C)CCCCC1)C(=O)CC[N+]1(C)CCCCC1.[I-].[I-]. The van der Waals surface area contributed by atoms with Gasteiger partial charge in [-0.1, -0.05) is 12.8 Å². The number of piperidine rings is 2. The Hall–Kier alpha value is 0.320. The van der Waals surface area contributed by atoms with Gasteiger partial charge in [-0.05, 0) is 51.4 Å². The van der Waals surface area contributed by atoms with Crippen molar-refractivity contribution in [3.8, 4) is 0 Å². The smallest absolute Gasteiger partial charge is 0.227 e. The van der Waals surface area contributed by atoms with Crippen LogP contribution in [0, 0.1) is 0 Å². The lowest BCUT2D eigenvalue weighted by atomic mass is 10.1. The summed E-state index contributed by atoms with van der Waals surface area (Å²) in [5, 5.41) is 0. The summed E-state index contributed by atoms with van der Waals surface area (Å²) in [5.74, 6) is 0.593. The minimum atomic E-state index is 0. The zero-order valence-electron chi connectivity index (χ0n) is 22.5. The monoisotopic (exact) mass is 706 g/mol. The van der Waals surface area contributed by atoms with Crippen LogP contribution < -0.4 is 48.0 Å². The van der Waals surface area contributed by atoms with Crippen molar-refractivity contribution in [1.29, 1.82) is 0 Å². The molecule has 0 atom stereocenters. The van der Waals surface area contributed by atoms with Gasteiger partial charge in [0.15, 0.2) is 0 Å². The second-order valence-electron chi connectivity index (χ2n) is 11.2. The number of quaternary nitrogens is 2. The summed E-state index contributed by atoms with van der Waals surface area (Å²) in [6.45, 7) is 8.60. The van der Waals surface area contributed by atoms with E-state index in [-0.39, 0.29) is 48.0 Å². The first-order chi connectivity index (χ1) is 15.2. The largest absolute Gasteiger partial charge is 1.00 e. The van der Waals surface area contributed by atoms with Crippen molar-refractivity contribution in [1.82, 2.24) is 9.80 Å². The number of carbonyl (C=O) groups excluding carboxylic acids is 2. The molecule has 0 aliphatic carbocycles. The minimum absolute atomic E-state index is 0. The van der Waals surface area contributed by atoms with Crippen LogP contribution in [0.1, 0.15) is 77.0 Å². The van der Waals surface area contributed by atoms with Crippen molar-refractivity contribution in [2.45, 2.75) is 77.0 Å². The van der Waals surface area contributed by atoms with Crippen molar-refractivity contribution in [2.24, 2.45) is 0 Å². The van der Waals surface area contributed by atoms with Crippen LogP contribution in [0.3, 0.4) is 0 Å². The number of carbonyl (C=O) groups is 2. The Morgan fingerprint density at radius 1 is 0.588 bits per heavy atom. The number of rotatable bonds is 13. The number of nitrogens with zero attached hydrogens (tertiary/aromatic N) is 4. The second-order valence-corrected chi connectivity index (χ2v) is 11.2. The molecule has 0 radical (unpaired) electrons. The molecule has 2 amide bonds. The van der Waals surface area contributed by atoms with Crippen LogP contribution in [-0.4, -0.2) is 111 Å². The van der Waals surface area contributed by atoms with E-state index >= 15 is 0 Å². The summed E-state index contributed by atoms with van der Waals surface area (Å²) >= 11 is 0. The van der Waals surface area contributed by atoms with Crippen molar-refractivity contribution in [3.05, 3.63) is 0 Å². The first-order valence-electron chi connectivity index (χ1n) is 13.4. The lowest BCUT2D eigenvalue weighted by Crippen LogP contribution is -3.00. The highest BCUT2D eigenvalue weighted by molar-refractivity contribution is 5.76. The zero-order valence-corrected chi connectivity index (χ0v) is 26.8. The van der Waals surface area contributed by atoms with Gasteiger partial charge in [-0.25, -0.2) is 0 Å². The molecule has 2 heterocycles. The number of hydrogen-bond donors (Lipinski definition) is 0. The molecule has 0 saturated carbocycles. The van der Waals surface area contributed by atoms with Gasteiger partial charge < -0.3 is 66.7 Å². The number of amides is 2. The van der Waals surface area contributed by atoms with Crippen LogP contribution in [0.5, 0.6) is 0 Å². The Bertz CT molecular complexity index is 529. The van der Waals surface area contributed by atoms with Gasteiger partial charge in [0.05, 0.1) is 66.2 Å². The normalized spacial score (nSPS) is 18.8. The first-order valence-corrected chi connectivity index (χ1v) is 13.4. The molecule has 6 nitrogen and oxygen atoms in total. The third-order valence-electron chi connectivity index (χ3n) is 8.11. The van der Waals surface area contributed by atoms with Gasteiger partial charge in [-0.15, -0.1) is 0 Å². The fraction of sp³-hybridized carbons (Fsp3) is 0.923. The molecule has 2 aliphatic rings. The van der Waals surface area contributed by atoms with Gasteiger partial charge in [-0.2, -0.15) is 0 Å². The Morgan fingerprint density at radius 2 is 0.912 bits per heavy atom. The second kappa shape index (κ2) is 17.7. The molecule has 2 rings (SSSR count). The van der Waals surface area contributed by atoms with Gasteiger partial charge in [0, 0.05) is 27.2 Å². The molecule has 2 saturated heterocycles. The number of hydrogen-bond acceptors (Lipinski definition) is 2. The van der Waals surface area contributed by atoms with E-state index in [1.54, 1.807) is 0 Å². The molecule has 0 bridgehead atoms. The molecule has 2 aliphatic heterocycles. The fourth-order valence-corrected chi connectivity index (χ4v) is 5.41. The molecule has 34 heavy (non-hydrogen) atoms. The van der Waals surface area contributed by atoms with E-state index in [1.165, 1.54) is 64.7 Å². The van der Waals surface area contributed by atoms with Crippen LogP contribution >= 0.6 is 0 Å². The predicted octanol–water partition coefficient (Wildman–Crippen LogP) is -2.49. The van der Waals surface area contributed by atoms with Crippen molar-refractivity contribution >= 4 is 11.8 Å². The Labute approximate surface area is 244 Å². The highest BCUT2D eigenvalue weighted by Crippen LogP contribution is 2.18. The summed E-state index contributed by atoms with van der Waals surface area (Å²) in [5.41, 5.74) is 0. The summed E-state index contributed by atoms with van der Waals surface area (Å²) < 4.78 is 2.15. The Balaban J connectivity index is 0.00000544. The Morgan fingerprint density at radius 3 is 1.24 bits per heavy atom. The van der Waals surface area contributed by atoms with Crippen LogP contribution in [0.25, 0.3) is 0 Å². The maximum absolute atomic E-state index is 12.5. The predicted molar refractivity (Wildman–Crippen MR) is 132 cm³/mol. The standard InChI is InChI=1S/C26H52N4O2.2HI/c1-27(25(31)15-23-29(3)19-11-7-12-20-29)17-9-5-6-10-18-28(2)26(32)16-24-30(4)21-13-8-14-22-30;;/h5-24H2,1-4H3;2*1H/q+2;;/p-2. The highest BCUT2D eigenvalue weighted by atomic mass is 127. The lowest BCUT2D eigenvalue weighted by Gasteiger charge is -2.38. The van der Waals surface area contributed by atoms with Gasteiger partial charge in [0.1, 0.15) is 0 Å². The number of unbranched alkanes of at least 4 members (excludes halogenated alkanes) is 3. The Kier molecular flexibility index (Phi) is 17.9. The van der Waals surface area contributed by atoms with Gasteiger partial charge in [0.25, 0.3) is 0 Å². The molecule has 0 aromatic rings. The average Bonchev–Trinajstić information content (AvgIpc) is 2.79. The number of likely N-dealkylation sites (tertiary alicyclic amines) is 2. The van der Waals surface area contributed by atoms with E-state index in [1.807, 2.05) is 23.9 Å². The van der Waals surface area contributed by atoms with E-state index in [0.29, 0.717) is 24.7 Å². The molecular weight excluding hydrogens is 654 g/mol. The maximum Gasteiger partial charge on any atom is 0.227 e. The topological polar surface area (TPSA) is 40.6 Å². The average molecular weight is 707 g/mol. The van der Waals surface area contributed by atoms with E-state index in [9.17, 15) is 9.59 Å². The fourth-order valence-electron chi connectivity index (χ4n) is 5.41. The summed E-state index contributed by atoms with van der Waals surface area (Å²) in [7, 11) is 8.53. The lowest BCUT2D eigenvalue weighted by molar-refractivity contribution is -0.913. The molecule has 0 aromatic heterocycles. The molecule has 0 unspecified atom stereocenters. The van der Waals surface area contributed by atoms with Gasteiger partial charge >= 0.3 is 0 Å². The zero-order chi connectivity index (χ0) is 23.5. The molecular formula is C26H52I2N4O2. The summed E-state index contributed by atoms with van der Waals surface area (Å²) in [4.78, 5) is 28.8. The van der Waals surface area contributed by atoms with E-state index in [0.717, 1.165) is 60.8 Å². The quantitative estimate of drug-likeness (QED) is 0.121. The van der Waals surface area contributed by atoms with Crippen molar-refractivity contribution in [2.75, 3.05) is 80.5 Å². The molecule has 0 aromatic carbocycles. The van der Waals surface area contributed by atoms with Crippen molar-refractivity contribution in [3.63, 3.8) is 0 Å².